The summed E-state index contributed by atoms with van der Waals surface area (Å²) in [7, 11) is 4.90. The molecule has 7 nitrogen and oxygen atoms in total. The highest BCUT2D eigenvalue weighted by Gasteiger charge is 2.15. The van der Waals surface area contributed by atoms with Crippen LogP contribution in [0.5, 0.6) is 11.5 Å². The van der Waals surface area contributed by atoms with Gasteiger partial charge in [0, 0.05) is 20.1 Å². The van der Waals surface area contributed by atoms with Crippen LogP contribution in [-0.4, -0.2) is 56.0 Å². The van der Waals surface area contributed by atoms with Gasteiger partial charge in [0.25, 0.3) is 5.91 Å². The number of likely N-dealkylation sites (N-methyl/N-ethyl adjacent to an activating group) is 1. The van der Waals surface area contributed by atoms with Crippen molar-refractivity contribution < 1.29 is 14.3 Å². The van der Waals surface area contributed by atoms with Crippen LogP contribution in [0.4, 0.5) is 0 Å². The molecule has 0 radical (unpaired) electrons. The monoisotopic (exact) mass is 470 g/mol. The Labute approximate surface area is 180 Å². The minimum atomic E-state index is -0.136. The first-order chi connectivity index (χ1) is 13.4. The number of benzene rings is 1. The van der Waals surface area contributed by atoms with E-state index >= 15 is 0 Å². The zero-order valence-electron chi connectivity index (χ0n) is 16.5. The second-order valence-electron chi connectivity index (χ2n) is 6.79. The van der Waals surface area contributed by atoms with Crippen LogP contribution in [0, 0.1) is 0 Å². The van der Waals surface area contributed by atoms with E-state index in [1.807, 2.05) is 6.07 Å². The SMILES string of the molecule is COc1cc(/C=N/NC(=S)NC2CCCCC2)cc(Br)c1OCC(=O)N(C)C. The molecule has 0 bridgehead atoms. The van der Waals surface area contributed by atoms with Crippen molar-refractivity contribution in [2.24, 2.45) is 5.10 Å². The number of rotatable bonds is 7. The minimum absolute atomic E-state index is 0.0714. The molecule has 0 saturated heterocycles. The Morgan fingerprint density at radius 2 is 2.07 bits per heavy atom. The third kappa shape index (κ3) is 6.94. The molecule has 0 atom stereocenters. The lowest BCUT2D eigenvalue weighted by Crippen LogP contribution is -2.40. The first kappa shape index (κ1) is 22.4. The lowest BCUT2D eigenvalue weighted by molar-refractivity contribution is -0.130. The summed E-state index contributed by atoms with van der Waals surface area (Å²) in [4.78, 5) is 13.2. The van der Waals surface area contributed by atoms with Crippen molar-refractivity contribution in [3.63, 3.8) is 0 Å². The van der Waals surface area contributed by atoms with Crippen molar-refractivity contribution in [2.75, 3.05) is 27.8 Å². The molecule has 2 N–H and O–H groups in total. The number of nitrogens with zero attached hydrogens (tertiary/aromatic N) is 2. The number of hydrogen-bond acceptors (Lipinski definition) is 5. The van der Waals surface area contributed by atoms with Gasteiger partial charge in [-0.2, -0.15) is 5.10 Å². The van der Waals surface area contributed by atoms with E-state index in [1.54, 1.807) is 33.5 Å². The first-order valence-electron chi connectivity index (χ1n) is 9.20. The summed E-state index contributed by atoms with van der Waals surface area (Å²) in [5.74, 6) is 0.838. The minimum Gasteiger partial charge on any atom is -0.493 e. The summed E-state index contributed by atoms with van der Waals surface area (Å²) in [5, 5.41) is 8.02. The smallest absolute Gasteiger partial charge is 0.259 e. The maximum Gasteiger partial charge on any atom is 0.259 e. The fraction of sp³-hybridized carbons (Fsp3) is 0.526. The summed E-state index contributed by atoms with van der Waals surface area (Å²) < 4.78 is 11.7. The van der Waals surface area contributed by atoms with Crippen LogP contribution in [0.15, 0.2) is 21.7 Å². The van der Waals surface area contributed by atoms with Crippen molar-refractivity contribution in [3.8, 4) is 11.5 Å². The first-order valence-corrected chi connectivity index (χ1v) is 10.4. The number of carbonyl (C=O) groups is 1. The van der Waals surface area contributed by atoms with Gasteiger partial charge in [0.15, 0.2) is 23.2 Å². The van der Waals surface area contributed by atoms with Gasteiger partial charge >= 0.3 is 0 Å². The standard InChI is InChI=1S/C19H27BrN4O3S/c1-24(2)17(25)12-27-18-15(20)9-13(10-16(18)26-3)11-21-23-19(28)22-14-7-5-4-6-8-14/h9-11,14H,4-8,12H2,1-3H3,(H2,22,23,28)/b21-11+. The second-order valence-corrected chi connectivity index (χ2v) is 8.05. The molecular weight excluding hydrogens is 444 g/mol. The number of carbonyl (C=O) groups excluding carboxylic acids is 1. The van der Waals surface area contributed by atoms with Crippen molar-refractivity contribution in [1.29, 1.82) is 0 Å². The molecule has 0 aromatic heterocycles. The second kappa shape index (κ2) is 11.2. The van der Waals surface area contributed by atoms with Gasteiger partial charge in [-0.1, -0.05) is 19.3 Å². The van der Waals surface area contributed by atoms with Gasteiger partial charge in [-0.05, 0) is 58.7 Å². The molecule has 1 fully saturated rings. The van der Waals surface area contributed by atoms with E-state index in [2.05, 4.69) is 31.8 Å². The zero-order valence-corrected chi connectivity index (χ0v) is 18.9. The van der Waals surface area contributed by atoms with Crippen molar-refractivity contribution >= 4 is 45.4 Å². The molecule has 1 amide bonds. The number of methoxy groups -OCH3 is 1. The number of hydrogen-bond donors (Lipinski definition) is 2. The van der Waals surface area contributed by atoms with E-state index in [9.17, 15) is 4.79 Å². The number of hydrazone groups is 1. The Morgan fingerprint density at radius 1 is 1.36 bits per heavy atom. The van der Waals surface area contributed by atoms with Gasteiger partial charge in [-0.25, -0.2) is 0 Å². The number of nitrogens with one attached hydrogen (secondary N) is 2. The molecule has 0 heterocycles. The topological polar surface area (TPSA) is 75.2 Å². The molecule has 9 heteroatoms. The van der Waals surface area contributed by atoms with E-state index in [-0.39, 0.29) is 12.5 Å². The van der Waals surface area contributed by atoms with Gasteiger partial charge in [-0.15, -0.1) is 0 Å². The van der Waals surface area contributed by atoms with Gasteiger partial charge in [0.1, 0.15) is 0 Å². The summed E-state index contributed by atoms with van der Waals surface area (Å²) >= 11 is 8.76. The number of thiocarbonyl (C=S) groups is 1. The van der Waals surface area contributed by atoms with Gasteiger partial charge in [0.05, 0.1) is 17.8 Å². The quantitative estimate of drug-likeness (QED) is 0.362. The predicted molar refractivity (Wildman–Crippen MR) is 118 cm³/mol. The summed E-state index contributed by atoms with van der Waals surface area (Å²) in [6.07, 6.45) is 7.73. The van der Waals surface area contributed by atoms with Crippen LogP contribution in [0.1, 0.15) is 37.7 Å². The molecule has 154 valence electrons. The van der Waals surface area contributed by atoms with E-state index < -0.39 is 0 Å². The fourth-order valence-electron chi connectivity index (χ4n) is 2.85. The number of halogens is 1. The Bertz CT molecular complexity index is 721. The van der Waals surface area contributed by atoms with Crippen LogP contribution in [0.25, 0.3) is 0 Å². The van der Waals surface area contributed by atoms with Crippen molar-refractivity contribution in [3.05, 3.63) is 22.2 Å². The fourth-order valence-corrected chi connectivity index (χ4v) is 3.64. The van der Waals surface area contributed by atoms with E-state index in [1.165, 1.54) is 24.2 Å². The number of ether oxygens (including phenoxy) is 2. The molecule has 1 saturated carbocycles. The van der Waals surface area contributed by atoms with Crippen molar-refractivity contribution in [1.82, 2.24) is 15.6 Å². The van der Waals surface area contributed by atoms with Crippen LogP contribution in [0.3, 0.4) is 0 Å². The highest BCUT2D eigenvalue weighted by molar-refractivity contribution is 9.10. The summed E-state index contributed by atoms with van der Waals surface area (Å²) in [6.45, 7) is -0.0714. The molecule has 1 aliphatic carbocycles. The van der Waals surface area contributed by atoms with Crippen LogP contribution in [0.2, 0.25) is 0 Å². The highest BCUT2D eigenvalue weighted by atomic mass is 79.9. The maximum absolute atomic E-state index is 11.7. The highest BCUT2D eigenvalue weighted by Crippen LogP contribution is 2.36. The number of amides is 1. The Hall–Kier alpha value is -1.87. The van der Waals surface area contributed by atoms with E-state index in [0.717, 1.165) is 18.4 Å². The van der Waals surface area contributed by atoms with Crippen LogP contribution in [-0.2, 0) is 4.79 Å². The Balaban J connectivity index is 1.95. The Kier molecular flexibility index (Phi) is 8.98. The lowest BCUT2D eigenvalue weighted by atomic mass is 9.96. The molecule has 0 unspecified atom stereocenters. The zero-order chi connectivity index (χ0) is 20.5. The third-order valence-corrected chi connectivity index (χ3v) is 5.21. The molecule has 28 heavy (non-hydrogen) atoms. The average Bonchev–Trinajstić information content (AvgIpc) is 2.67. The largest absolute Gasteiger partial charge is 0.493 e. The molecule has 1 aromatic carbocycles. The molecule has 1 aromatic rings. The van der Waals surface area contributed by atoms with Gasteiger partial charge < -0.3 is 19.7 Å². The van der Waals surface area contributed by atoms with Crippen LogP contribution >= 0.6 is 28.1 Å². The van der Waals surface area contributed by atoms with Crippen molar-refractivity contribution in [2.45, 2.75) is 38.1 Å². The lowest BCUT2D eigenvalue weighted by Gasteiger charge is -2.23. The molecule has 0 aliphatic heterocycles. The molecule has 0 spiro atoms. The van der Waals surface area contributed by atoms with Crippen LogP contribution < -0.4 is 20.2 Å². The third-order valence-electron chi connectivity index (χ3n) is 4.41. The normalized spacial score (nSPS) is 14.6. The Morgan fingerprint density at radius 3 is 2.71 bits per heavy atom. The molecular formula is C19H27BrN4O3S. The maximum atomic E-state index is 11.7. The van der Waals surface area contributed by atoms with E-state index in [0.29, 0.717) is 27.1 Å². The molecule has 1 aliphatic rings. The predicted octanol–water partition coefficient (Wildman–Crippen LogP) is 3.06. The summed E-state index contributed by atoms with van der Waals surface area (Å²) in [6, 6.07) is 4.04. The van der Waals surface area contributed by atoms with E-state index in [4.69, 9.17) is 21.7 Å². The molecule has 2 rings (SSSR count). The van der Waals surface area contributed by atoms with Gasteiger partial charge in [0.2, 0.25) is 0 Å². The average molecular weight is 471 g/mol. The van der Waals surface area contributed by atoms with Gasteiger partial charge in [-0.3, -0.25) is 10.2 Å². The summed E-state index contributed by atoms with van der Waals surface area (Å²) in [5.41, 5.74) is 3.65.